The minimum absolute atomic E-state index is 0.304. The average Bonchev–Trinajstić information content (AvgIpc) is 3.36. The molecule has 31 heavy (non-hydrogen) atoms. The number of carbonyl (C=O) groups excluding carboxylic acids is 1. The zero-order valence-corrected chi connectivity index (χ0v) is 17.4. The fourth-order valence-electron chi connectivity index (χ4n) is 3.36. The molecule has 0 radical (unpaired) electrons. The number of anilines is 1. The molecule has 4 rings (SSSR count). The van der Waals surface area contributed by atoms with Gasteiger partial charge in [-0.05, 0) is 61.9 Å². The molecule has 0 unspecified atom stereocenters. The number of benzene rings is 2. The molecule has 0 aliphatic rings. The number of hydrogen-bond donors (Lipinski definition) is 2. The highest BCUT2D eigenvalue weighted by Crippen LogP contribution is 2.23. The van der Waals surface area contributed by atoms with Crippen molar-refractivity contribution in [3.05, 3.63) is 83.1 Å². The second kappa shape index (κ2) is 8.43. The van der Waals surface area contributed by atoms with Crippen molar-refractivity contribution in [3.8, 4) is 17.0 Å². The highest BCUT2D eigenvalue weighted by atomic mass is 19.1. The maximum atomic E-state index is 13.1. The maximum Gasteiger partial charge on any atom is 0.273 e. The Morgan fingerprint density at radius 2 is 1.94 bits per heavy atom. The molecule has 0 aliphatic carbocycles. The maximum absolute atomic E-state index is 13.1. The van der Waals surface area contributed by atoms with Crippen LogP contribution in [0.2, 0.25) is 0 Å². The number of aromatic nitrogens is 4. The first kappa shape index (κ1) is 20.3. The molecule has 0 bridgehead atoms. The highest BCUT2D eigenvalue weighted by molar-refractivity contribution is 6.04. The number of aryl methyl sites for hydroxylation is 1. The van der Waals surface area contributed by atoms with Crippen molar-refractivity contribution in [3.63, 3.8) is 0 Å². The number of amides is 1. The summed E-state index contributed by atoms with van der Waals surface area (Å²) in [5.41, 5.74) is 4.84. The molecule has 0 atom stereocenters. The Bertz CT molecular complexity index is 1230. The summed E-state index contributed by atoms with van der Waals surface area (Å²) in [5, 5.41) is 14.4. The van der Waals surface area contributed by atoms with Gasteiger partial charge >= 0.3 is 0 Å². The van der Waals surface area contributed by atoms with E-state index in [0.717, 1.165) is 22.6 Å². The Morgan fingerprint density at radius 1 is 1.16 bits per heavy atom. The molecule has 0 saturated heterocycles. The molecule has 2 aromatic carbocycles. The molecule has 2 aromatic heterocycles. The average molecular weight is 419 g/mol. The molecule has 4 aromatic rings. The van der Waals surface area contributed by atoms with Gasteiger partial charge < -0.3 is 10.1 Å². The van der Waals surface area contributed by atoms with Crippen LogP contribution >= 0.6 is 0 Å². The Hall–Kier alpha value is -3.94. The van der Waals surface area contributed by atoms with Gasteiger partial charge in [-0.1, -0.05) is 12.1 Å². The second-order valence-corrected chi connectivity index (χ2v) is 7.18. The van der Waals surface area contributed by atoms with E-state index in [4.69, 9.17) is 4.74 Å². The van der Waals surface area contributed by atoms with Crippen LogP contribution in [-0.2, 0) is 6.54 Å². The lowest BCUT2D eigenvalue weighted by molar-refractivity contribution is 0.102. The van der Waals surface area contributed by atoms with E-state index in [1.165, 1.54) is 12.1 Å². The van der Waals surface area contributed by atoms with Crippen LogP contribution < -0.4 is 10.1 Å². The van der Waals surface area contributed by atoms with Crippen LogP contribution in [0.5, 0.6) is 5.75 Å². The minimum atomic E-state index is -0.326. The largest absolute Gasteiger partial charge is 0.497 e. The van der Waals surface area contributed by atoms with Crippen molar-refractivity contribution in [2.45, 2.75) is 20.4 Å². The van der Waals surface area contributed by atoms with Crippen molar-refractivity contribution in [2.75, 3.05) is 12.4 Å². The normalized spacial score (nSPS) is 10.8. The molecule has 1 amide bonds. The summed E-state index contributed by atoms with van der Waals surface area (Å²) in [4.78, 5) is 12.8. The lowest BCUT2D eigenvalue weighted by Gasteiger charge is -2.08. The van der Waals surface area contributed by atoms with E-state index in [-0.39, 0.29) is 11.7 Å². The van der Waals surface area contributed by atoms with Crippen LogP contribution in [0, 0.1) is 19.7 Å². The number of hydrogen-bond acceptors (Lipinski definition) is 4. The van der Waals surface area contributed by atoms with Gasteiger partial charge in [0, 0.05) is 5.56 Å². The van der Waals surface area contributed by atoms with Crippen LogP contribution in [0.25, 0.3) is 11.3 Å². The summed E-state index contributed by atoms with van der Waals surface area (Å²) in [7, 11) is 1.63. The first-order valence-electron chi connectivity index (χ1n) is 9.74. The van der Waals surface area contributed by atoms with Gasteiger partial charge in [-0.3, -0.25) is 14.6 Å². The van der Waals surface area contributed by atoms with Gasteiger partial charge in [0.1, 0.15) is 17.3 Å². The lowest BCUT2D eigenvalue weighted by Crippen LogP contribution is -2.14. The Kier molecular flexibility index (Phi) is 5.53. The van der Waals surface area contributed by atoms with E-state index in [9.17, 15) is 9.18 Å². The predicted octanol–water partition coefficient (Wildman–Crippen LogP) is 4.34. The van der Waals surface area contributed by atoms with Crippen molar-refractivity contribution in [2.24, 2.45) is 0 Å². The van der Waals surface area contributed by atoms with Gasteiger partial charge in [-0.2, -0.15) is 10.2 Å². The fourth-order valence-corrected chi connectivity index (χ4v) is 3.36. The molecule has 8 heteroatoms. The summed E-state index contributed by atoms with van der Waals surface area (Å²) in [6.07, 6.45) is 0. The predicted molar refractivity (Wildman–Crippen MR) is 116 cm³/mol. The van der Waals surface area contributed by atoms with Gasteiger partial charge in [0.05, 0.1) is 36.4 Å². The van der Waals surface area contributed by atoms with Crippen LogP contribution in [0.4, 0.5) is 10.1 Å². The molecule has 2 heterocycles. The number of carbonyl (C=O) groups is 1. The Labute approximate surface area is 178 Å². The van der Waals surface area contributed by atoms with E-state index in [1.54, 1.807) is 25.3 Å². The first-order valence-corrected chi connectivity index (χ1v) is 9.74. The molecular weight excluding hydrogens is 397 g/mol. The van der Waals surface area contributed by atoms with Crippen molar-refractivity contribution in [1.82, 2.24) is 20.0 Å². The smallest absolute Gasteiger partial charge is 0.273 e. The third kappa shape index (κ3) is 4.32. The van der Waals surface area contributed by atoms with Crippen molar-refractivity contribution >= 4 is 11.6 Å². The number of methoxy groups -OCH3 is 1. The summed E-state index contributed by atoms with van der Waals surface area (Å²) in [5.74, 6) is 0.130. The first-order chi connectivity index (χ1) is 14.9. The van der Waals surface area contributed by atoms with Gasteiger partial charge in [0.15, 0.2) is 0 Å². The topological polar surface area (TPSA) is 84.8 Å². The number of rotatable bonds is 6. The lowest BCUT2D eigenvalue weighted by atomic mass is 10.1. The van der Waals surface area contributed by atoms with E-state index >= 15 is 0 Å². The number of nitrogens with zero attached hydrogens (tertiary/aromatic N) is 3. The van der Waals surface area contributed by atoms with Crippen LogP contribution in [0.1, 0.15) is 27.4 Å². The molecule has 158 valence electrons. The number of halogens is 1. The molecule has 0 saturated carbocycles. The quantitative estimate of drug-likeness (QED) is 0.487. The molecule has 2 N–H and O–H groups in total. The molecule has 0 spiro atoms. The number of aromatic amines is 1. The third-order valence-corrected chi connectivity index (χ3v) is 5.05. The molecule has 7 nitrogen and oxygen atoms in total. The van der Waals surface area contributed by atoms with Crippen LogP contribution in [0.3, 0.4) is 0 Å². The van der Waals surface area contributed by atoms with Gasteiger partial charge in [-0.25, -0.2) is 4.39 Å². The highest BCUT2D eigenvalue weighted by Gasteiger charge is 2.17. The Balaban J connectivity index is 1.52. The third-order valence-electron chi connectivity index (χ3n) is 5.05. The minimum Gasteiger partial charge on any atom is -0.497 e. The summed E-state index contributed by atoms with van der Waals surface area (Å²) >= 11 is 0. The molecule has 0 aliphatic heterocycles. The number of ether oxygens (including phenoxy) is 1. The van der Waals surface area contributed by atoms with E-state index in [2.05, 4.69) is 20.6 Å². The number of nitrogens with one attached hydrogen (secondary N) is 2. The van der Waals surface area contributed by atoms with Crippen molar-refractivity contribution in [1.29, 1.82) is 0 Å². The fraction of sp³-hybridized carbons (Fsp3) is 0.174. The van der Waals surface area contributed by atoms with E-state index in [0.29, 0.717) is 29.3 Å². The molecular formula is C23H22FN5O2. The van der Waals surface area contributed by atoms with Gasteiger partial charge in [0.2, 0.25) is 0 Å². The van der Waals surface area contributed by atoms with Crippen LogP contribution in [-0.4, -0.2) is 33.0 Å². The van der Waals surface area contributed by atoms with Crippen LogP contribution in [0.15, 0.2) is 54.6 Å². The van der Waals surface area contributed by atoms with E-state index in [1.807, 2.05) is 42.8 Å². The second-order valence-electron chi connectivity index (χ2n) is 7.18. The SMILES string of the molecule is COc1cccc(Cn2nc(C)c(NC(=O)c3cc(-c4ccc(F)cc4)n[nH]3)c2C)c1. The zero-order valence-electron chi connectivity index (χ0n) is 17.4. The monoisotopic (exact) mass is 419 g/mol. The Morgan fingerprint density at radius 3 is 2.68 bits per heavy atom. The van der Waals surface area contributed by atoms with Gasteiger partial charge in [-0.15, -0.1) is 0 Å². The van der Waals surface area contributed by atoms with Crippen molar-refractivity contribution < 1.29 is 13.9 Å². The summed E-state index contributed by atoms with van der Waals surface area (Å²) in [6, 6.07) is 15.3. The summed E-state index contributed by atoms with van der Waals surface area (Å²) in [6.45, 7) is 4.31. The zero-order chi connectivity index (χ0) is 22.0. The number of H-pyrrole nitrogens is 1. The molecule has 0 fully saturated rings. The standard InChI is InChI=1S/C23H22FN5O2/c1-14-22(15(2)29(28-14)13-16-5-4-6-19(11-16)31-3)25-23(30)21-12-20(26-27-21)17-7-9-18(24)10-8-17/h4-12H,13H2,1-3H3,(H,25,30)(H,26,27). The van der Waals surface area contributed by atoms with E-state index < -0.39 is 0 Å². The van der Waals surface area contributed by atoms with Gasteiger partial charge in [0.25, 0.3) is 5.91 Å². The summed E-state index contributed by atoms with van der Waals surface area (Å²) < 4.78 is 20.2.